The molecule has 2 aromatic rings. The van der Waals surface area contributed by atoms with E-state index in [4.69, 9.17) is 23.7 Å². The molecule has 10 heteroatoms. The average Bonchev–Trinajstić information content (AvgIpc) is 3.77. The molecular formula is C35H49NO8S. The first-order valence-corrected chi connectivity index (χ1v) is 17.3. The zero-order valence-corrected chi connectivity index (χ0v) is 28.1. The van der Waals surface area contributed by atoms with Crippen LogP contribution in [0.3, 0.4) is 0 Å². The minimum absolute atomic E-state index is 0.0603. The van der Waals surface area contributed by atoms with E-state index in [1.54, 1.807) is 0 Å². The van der Waals surface area contributed by atoms with Crippen molar-refractivity contribution < 1.29 is 38.4 Å². The number of nitrogens with zero attached hydrogens (tertiary/aromatic N) is 1. The van der Waals surface area contributed by atoms with Gasteiger partial charge in [-0.25, -0.2) is 4.79 Å². The molecule has 45 heavy (non-hydrogen) atoms. The SMILES string of the molecule is CCCCC[C@H](O)c1ccc(N2C(=O)CC[C@@H]2CCCc2ccc(C(=O)OC[C@H]3OC(C)(C)O[C@@H]3[C@@H]3COC(C)(C)O3)s2)cc1. The highest BCUT2D eigenvalue weighted by atomic mass is 32.1. The van der Waals surface area contributed by atoms with Gasteiger partial charge in [-0.2, -0.15) is 0 Å². The molecule has 3 aliphatic heterocycles. The molecule has 3 saturated heterocycles. The van der Waals surface area contributed by atoms with Gasteiger partial charge in [-0.05, 0) is 89.6 Å². The van der Waals surface area contributed by atoms with E-state index in [0.717, 1.165) is 67.5 Å². The number of unbranched alkanes of at least 4 members (excludes halogenated alkanes) is 2. The Balaban J connectivity index is 1.09. The number of aliphatic hydroxyl groups excluding tert-OH is 1. The van der Waals surface area contributed by atoms with Crippen molar-refractivity contribution in [3.05, 3.63) is 51.7 Å². The van der Waals surface area contributed by atoms with Crippen LogP contribution in [0, 0.1) is 0 Å². The minimum Gasteiger partial charge on any atom is -0.459 e. The summed E-state index contributed by atoms with van der Waals surface area (Å²) in [4.78, 5) is 29.3. The summed E-state index contributed by atoms with van der Waals surface area (Å²) in [6.07, 6.45) is 6.36. The van der Waals surface area contributed by atoms with Crippen molar-refractivity contribution >= 4 is 28.9 Å². The lowest BCUT2D eigenvalue weighted by Gasteiger charge is -2.25. The molecule has 0 bridgehead atoms. The van der Waals surface area contributed by atoms with E-state index in [1.165, 1.54) is 11.3 Å². The molecule has 248 valence electrons. The summed E-state index contributed by atoms with van der Waals surface area (Å²) in [5.74, 6) is -1.73. The monoisotopic (exact) mass is 643 g/mol. The third-order valence-electron chi connectivity index (χ3n) is 8.78. The summed E-state index contributed by atoms with van der Waals surface area (Å²) < 4.78 is 29.5. The normalized spacial score (nSPS) is 26.4. The van der Waals surface area contributed by atoms with Crippen LogP contribution in [0.1, 0.15) is 112 Å². The highest BCUT2D eigenvalue weighted by molar-refractivity contribution is 7.13. The fourth-order valence-corrected chi connectivity index (χ4v) is 7.47. The molecule has 5 rings (SSSR count). The third kappa shape index (κ3) is 8.73. The van der Waals surface area contributed by atoms with Gasteiger partial charge in [-0.3, -0.25) is 4.79 Å². The number of carbonyl (C=O) groups excluding carboxylic acids is 2. The molecule has 9 nitrogen and oxygen atoms in total. The molecule has 0 unspecified atom stereocenters. The molecule has 1 aromatic carbocycles. The molecule has 1 amide bonds. The largest absolute Gasteiger partial charge is 0.459 e. The van der Waals surface area contributed by atoms with Crippen molar-refractivity contribution in [1.82, 2.24) is 0 Å². The van der Waals surface area contributed by atoms with E-state index in [1.807, 2.05) is 69.0 Å². The van der Waals surface area contributed by atoms with E-state index in [0.29, 0.717) is 17.9 Å². The zero-order valence-electron chi connectivity index (χ0n) is 27.3. The van der Waals surface area contributed by atoms with Gasteiger partial charge in [0, 0.05) is 23.0 Å². The summed E-state index contributed by atoms with van der Waals surface area (Å²) >= 11 is 1.44. The first-order valence-electron chi connectivity index (χ1n) is 16.5. The van der Waals surface area contributed by atoms with Crippen LogP contribution in [-0.2, 0) is 34.9 Å². The maximum atomic E-state index is 12.9. The number of carbonyl (C=O) groups is 2. The Morgan fingerprint density at radius 3 is 2.53 bits per heavy atom. The Morgan fingerprint density at radius 1 is 1.04 bits per heavy atom. The maximum absolute atomic E-state index is 12.9. The second kappa shape index (κ2) is 14.6. The van der Waals surface area contributed by atoms with E-state index in [2.05, 4.69) is 6.92 Å². The van der Waals surface area contributed by atoms with Crippen molar-refractivity contribution in [2.24, 2.45) is 0 Å². The quantitative estimate of drug-likeness (QED) is 0.179. The van der Waals surface area contributed by atoms with Crippen LogP contribution in [-0.4, -0.2) is 66.1 Å². The summed E-state index contributed by atoms with van der Waals surface area (Å²) in [6.45, 7) is 10.0. The summed E-state index contributed by atoms with van der Waals surface area (Å²) in [5.41, 5.74) is 1.80. The van der Waals surface area contributed by atoms with Gasteiger partial charge < -0.3 is 33.7 Å². The lowest BCUT2D eigenvalue weighted by molar-refractivity contribution is -0.175. The van der Waals surface area contributed by atoms with Crippen molar-refractivity contribution in [3.63, 3.8) is 0 Å². The number of esters is 1. The van der Waals surface area contributed by atoms with Crippen molar-refractivity contribution in [2.75, 3.05) is 18.1 Å². The second-order valence-electron chi connectivity index (χ2n) is 13.3. The molecule has 3 aliphatic rings. The zero-order chi connectivity index (χ0) is 32.2. The predicted octanol–water partition coefficient (Wildman–Crippen LogP) is 6.71. The van der Waals surface area contributed by atoms with Crippen LogP contribution < -0.4 is 4.90 Å². The van der Waals surface area contributed by atoms with E-state index < -0.39 is 29.9 Å². The van der Waals surface area contributed by atoms with Crippen molar-refractivity contribution in [1.29, 1.82) is 0 Å². The molecular weight excluding hydrogens is 594 g/mol. The standard InChI is InChI=1S/C35H49NO8S/c1-6-7-8-12-27(37)23-13-15-25(16-14-23)36-24(17-20-31(36)38)10-9-11-26-18-19-30(45-26)33(39)40-21-28-32(44-35(4,5)43-28)29-22-41-34(2,3)42-29/h13-16,18-19,24,27-29,32,37H,6-12,17,20-22H2,1-5H3/t24-,27-,28+,29-,32-/m0/s1. The highest BCUT2D eigenvalue weighted by Gasteiger charge is 2.50. The fraction of sp³-hybridized carbons (Fsp3) is 0.657. The Kier molecular flexibility index (Phi) is 11.0. The van der Waals surface area contributed by atoms with Gasteiger partial charge in [0.05, 0.1) is 12.7 Å². The number of anilines is 1. The summed E-state index contributed by atoms with van der Waals surface area (Å²) in [5, 5.41) is 10.5. The van der Waals surface area contributed by atoms with E-state index in [-0.39, 0.29) is 30.6 Å². The number of benzene rings is 1. The number of aryl methyl sites for hydroxylation is 1. The fourth-order valence-electron chi connectivity index (χ4n) is 6.53. The summed E-state index contributed by atoms with van der Waals surface area (Å²) in [6, 6.07) is 11.8. The number of ether oxygens (including phenoxy) is 5. The lowest BCUT2D eigenvalue weighted by Crippen LogP contribution is -2.40. The number of hydrogen-bond acceptors (Lipinski definition) is 9. The van der Waals surface area contributed by atoms with Crippen LogP contribution in [0.4, 0.5) is 5.69 Å². The first-order chi connectivity index (χ1) is 21.4. The van der Waals surface area contributed by atoms with Crippen molar-refractivity contribution in [3.8, 4) is 0 Å². The van der Waals surface area contributed by atoms with E-state index in [9.17, 15) is 14.7 Å². The van der Waals surface area contributed by atoms with Crippen LogP contribution in [0.5, 0.6) is 0 Å². The van der Waals surface area contributed by atoms with Crippen LogP contribution >= 0.6 is 11.3 Å². The van der Waals surface area contributed by atoms with Crippen molar-refractivity contribution in [2.45, 2.75) is 134 Å². The number of hydrogen-bond donors (Lipinski definition) is 1. The maximum Gasteiger partial charge on any atom is 0.348 e. The summed E-state index contributed by atoms with van der Waals surface area (Å²) in [7, 11) is 0. The molecule has 0 spiro atoms. The Morgan fingerprint density at radius 2 is 1.82 bits per heavy atom. The smallest absolute Gasteiger partial charge is 0.348 e. The second-order valence-corrected chi connectivity index (χ2v) is 14.5. The van der Waals surface area contributed by atoms with Gasteiger partial charge in [0.1, 0.15) is 29.8 Å². The van der Waals surface area contributed by atoms with Gasteiger partial charge in [0.2, 0.25) is 5.91 Å². The first kappa shape index (κ1) is 34.0. The molecule has 0 radical (unpaired) electrons. The predicted molar refractivity (Wildman–Crippen MR) is 172 cm³/mol. The Hall–Kier alpha value is -2.34. The van der Waals surface area contributed by atoms with Gasteiger partial charge in [-0.15, -0.1) is 11.3 Å². The van der Waals surface area contributed by atoms with Crippen LogP contribution in [0.25, 0.3) is 0 Å². The van der Waals surface area contributed by atoms with E-state index >= 15 is 0 Å². The van der Waals surface area contributed by atoms with Gasteiger partial charge >= 0.3 is 5.97 Å². The molecule has 1 aromatic heterocycles. The molecule has 0 saturated carbocycles. The molecule has 3 fully saturated rings. The number of aliphatic hydroxyl groups is 1. The van der Waals surface area contributed by atoms with Gasteiger partial charge in [-0.1, -0.05) is 38.3 Å². The highest BCUT2D eigenvalue weighted by Crippen LogP contribution is 2.36. The van der Waals surface area contributed by atoms with Gasteiger partial charge in [0.25, 0.3) is 0 Å². The molecule has 1 N–H and O–H groups in total. The van der Waals surface area contributed by atoms with Crippen LogP contribution in [0.15, 0.2) is 36.4 Å². The van der Waals surface area contributed by atoms with Crippen LogP contribution in [0.2, 0.25) is 0 Å². The molecule has 4 heterocycles. The Labute approximate surface area is 271 Å². The Bertz CT molecular complexity index is 1290. The molecule has 0 aliphatic carbocycles. The van der Waals surface area contributed by atoms with Gasteiger partial charge in [0.15, 0.2) is 11.6 Å². The lowest BCUT2D eigenvalue weighted by atomic mass is 10.0. The molecule has 5 atom stereocenters. The minimum atomic E-state index is -0.812. The number of thiophene rings is 1. The number of amides is 1. The number of rotatable bonds is 14. The third-order valence-corrected chi connectivity index (χ3v) is 9.91. The topological polar surface area (TPSA) is 104 Å². The average molecular weight is 644 g/mol.